The number of amides is 2. The number of nitrogens with one attached hydrogen (secondary N) is 3. The number of nitrogens with zero attached hydrogens (tertiary/aromatic N) is 3. The number of aromatic nitrogens is 4. The number of aryl methyl sites for hydroxylation is 2. The fraction of sp³-hybridized carbons (Fsp3) is 0.529. The van der Waals surface area contributed by atoms with Gasteiger partial charge in [0.15, 0.2) is 0 Å². The third-order valence-corrected chi connectivity index (χ3v) is 5.06. The largest absolute Gasteiger partial charge is 0.348 e. The normalized spacial score (nSPS) is 17.2. The van der Waals surface area contributed by atoms with Gasteiger partial charge in [-0.25, -0.2) is 9.97 Å². The predicted molar refractivity (Wildman–Crippen MR) is 90.3 cm³/mol. The van der Waals surface area contributed by atoms with Gasteiger partial charge in [0.2, 0.25) is 0 Å². The second-order valence-electron chi connectivity index (χ2n) is 6.82. The van der Waals surface area contributed by atoms with E-state index in [1.807, 2.05) is 11.5 Å². The van der Waals surface area contributed by atoms with Crippen molar-refractivity contribution in [3.05, 3.63) is 35.4 Å². The summed E-state index contributed by atoms with van der Waals surface area (Å²) in [4.78, 5) is 36.3. The van der Waals surface area contributed by atoms with E-state index in [0.29, 0.717) is 17.9 Å². The molecule has 2 aromatic rings. The standard InChI is InChI=1S/C17H22N6O2/c1-2-11-14(21-10-20-11)16(25)22-17(5-6-17)9-19-15(24)12-8-18-13-4-3-7-23(12)13/h8,10H,2-7,9H2,1H3,(H,19,24)(H,20,21)(H,22,25). The first-order chi connectivity index (χ1) is 12.1. The maximum Gasteiger partial charge on any atom is 0.272 e. The quantitative estimate of drug-likeness (QED) is 0.722. The van der Waals surface area contributed by atoms with Crippen LogP contribution in [0.15, 0.2) is 12.5 Å². The molecule has 4 rings (SSSR count). The highest BCUT2D eigenvalue weighted by Crippen LogP contribution is 2.35. The van der Waals surface area contributed by atoms with Gasteiger partial charge in [0.1, 0.15) is 17.2 Å². The van der Waals surface area contributed by atoms with Crippen LogP contribution in [-0.4, -0.2) is 43.4 Å². The molecule has 1 aliphatic heterocycles. The molecular formula is C17H22N6O2. The Kier molecular flexibility index (Phi) is 3.82. The van der Waals surface area contributed by atoms with Gasteiger partial charge in [-0.2, -0.15) is 0 Å². The van der Waals surface area contributed by atoms with Crippen molar-refractivity contribution in [3.63, 3.8) is 0 Å². The number of carbonyl (C=O) groups is 2. The molecule has 0 bridgehead atoms. The van der Waals surface area contributed by atoms with Gasteiger partial charge in [0, 0.05) is 25.2 Å². The lowest BCUT2D eigenvalue weighted by Crippen LogP contribution is -2.46. The van der Waals surface area contributed by atoms with Crippen molar-refractivity contribution in [3.8, 4) is 0 Å². The molecule has 3 N–H and O–H groups in total. The molecular weight excluding hydrogens is 320 g/mol. The maximum absolute atomic E-state index is 12.5. The molecule has 2 aromatic heterocycles. The monoisotopic (exact) mass is 342 g/mol. The minimum atomic E-state index is -0.357. The summed E-state index contributed by atoms with van der Waals surface area (Å²) in [5.41, 5.74) is 1.51. The summed E-state index contributed by atoms with van der Waals surface area (Å²) in [5.74, 6) is 0.662. The van der Waals surface area contributed by atoms with Crippen LogP contribution < -0.4 is 10.6 Å². The molecule has 3 heterocycles. The lowest BCUT2D eigenvalue weighted by atomic mass is 10.2. The zero-order valence-corrected chi connectivity index (χ0v) is 14.3. The number of H-pyrrole nitrogens is 1. The van der Waals surface area contributed by atoms with E-state index in [1.54, 1.807) is 6.20 Å². The first-order valence-corrected chi connectivity index (χ1v) is 8.79. The van der Waals surface area contributed by atoms with Gasteiger partial charge in [0.05, 0.1) is 18.1 Å². The van der Waals surface area contributed by atoms with E-state index in [4.69, 9.17) is 0 Å². The minimum Gasteiger partial charge on any atom is -0.348 e. The Morgan fingerprint density at radius 1 is 1.32 bits per heavy atom. The van der Waals surface area contributed by atoms with Gasteiger partial charge in [-0.05, 0) is 25.7 Å². The Hall–Kier alpha value is -2.64. The Morgan fingerprint density at radius 3 is 2.92 bits per heavy atom. The molecule has 1 saturated carbocycles. The van der Waals surface area contributed by atoms with E-state index in [-0.39, 0.29) is 17.4 Å². The van der Waals surface area contributed by atoms with E-state index in [9.17, 15) is 9.59 Å². The number of imidazole rings is 2. The number of hydrogen-bond donors (Lipinski definition) is 3. The van der Waals surface area contributed by atoms with Gasteiger partial charge in [0.25, 0.3) is 11.8 Å². The summed E-state index contributed by atoms with van der Waals surface area (Å²) in [5, 5.41) is 5.99. The van der Waals surface area contributed by atoms with Gasteiger partial charge in [-0.15, -0.1) is 0 Å². The smallest absolute Gasteiger partial charge is 0.272 e. The highest BCUT2D eigenvalue weighted by molar-refractivity contribution is 5.95. The number of hydrogen-bond acceptors (Lipinski definition) is 4. The van der Waals surface area contributed by atoms with Crippen LogP contribution in [0.4, 0.5) is 0 Å². The Labute approximate surface area is 145 Å². The molecule has 2 amide bonds. The highest BCUT2D eigenvalue weighted by atomic mass is 16.2. The summed E-state index contributed by atoms with van der Waals surface area (Å²) in [7, 11) is 0. The van der Waals surface area contributed by atoms with Crippen LogP contribution >= 0.6 is 0 Å². The Morgan fingerprint density at radius 2 is 2.16 bits per heavy atom. The summed E-state index contributed by atoms with van der Waals surface area (Å²) in [6.45, 7) is 3.24. The Bertz CT molecular complexity index is 817. The fourth-order valence-corrected chi connectivity index (χ4v) is 3.36. The first-order valence-electron chi connectivity index (χ1n) is 8.79. The third-order valence-electron chi connectivity index (χ3n) is 5.06. The number of carbonyl (C=O) groups excluding carboxylic acids is 2. The van der Waals surface area contributed by atoms with Crippen LogP contribution in [0.2, 0.25) is 0 Å². The summed E-state index contributed by atoms with van der Waals surface area (Å²) < 4.78 is 1.98. The van der Waals surface area contributed by atoms with Gasteiger partial charge < -0.3 is 20.2 Å². The minimum absolute atomic E-state index is 0.129. The first kappa shape index (κ1) is 15.9. The van der Waals surface area contributed by atoms with Gasteiger partial charge in [-0.1, -0.05) is 6.92 Å². The topological polar surface area (TPSA) is 105 Å². The number of aromatic amines is 1. The van der Waals surface area contributed by atoms with Crippen molar-refractivity contribution >= 4 is 11.8 Å². The highest BCUT2D eigenvalue weighted by Gasteiger charge is 2.45. The average molecular weight is 342 g/mol. The van der Waals surface area contributed by atoms with Gasteiger partial charge >= 0.3 is 0 Å². The molecule has 8 nitrogen and oxygen atoms in total. The summed E-state index contributed by atoms with van der Waals surface area (Å²) >= 11 is 0. The van der Waals surface area contributed by atoms with E-state index in [2.05, 4.69) is 25.6 Å². The molecule has 132 valence electrons. The van der Waals surface area contributed by atoms with Crippen molar-refractivity contribution in [2.24, 2.45) is 0 Å². The molecule has 0 unspecified atom stereocenters. The molecule has 25 heavy (non-hydrogen) atoms. The van der Waals surface area contributed by atoms with Crippen LogP contribution in [0.5, 0.6) is 0 Å². The molecule has 2 aliphatic rings. The van der Waals surface area contributed by atoms with Crippen molar-refractivity contribution in [1.82, 2.24) is 30.2 Å². The molecule has 0 radical (unpaired) electrons. The van der Waals surface area contributed by atoms with Crippen molar-refractivity contribution in [2.45, 2.75) is 51.1 Å². The van der Waals surface area contributed by atoms with Crippen LogP contribution in [0, 0.1) is 0 Å². The SMILES string of the molecule is CCc1[nH]cnc1C(=O)NC1(CNC(=O)c2cnc3n2CCC3)CC1. The van der Waals surface area contributed by atoms with Crippen molar-refractivity contribution in [1.29, 1.82) is 0 Å². The third kappa shape index (κ3) is 2.92. The zero-order chi connectivity index (χ0) is 17.4. The Balaban J connectivity index is 1.37. The summed E-state index contributed by atoms with van der Waals surface area (Å²) in [6.07, 6.45) is 7.57. The fourth-order valence-electron chi connectivity index (χ4n) is 3.36. The molecule has 0 spiro atoms. The average Bonchev–Trinajstić information content (AvgIpc) is 3.03. The van der Waals surface area contributed by atoms with Crippen LogP contribution in [0.1, 0.15) is 58.7 Å². The lowest BCUT2D eigenvalue weighted by Gasteiger charge is -2.18. The molecule has 0 atom stereocenters. The van der Waals surface area contributed by atoms with Crippen molar-refractivity contribution < 1.29 is 9.59 Å². The van der Waals surface area contributed by atoms with E-state index in [1.165, 1.54) is 6.33 Å². The van der Waals surface area contributed by atoms with E-state index < -0.39 is 0 Å². The van der Waals surface area contributed by atoms with Crippen molar-refractivity contribution in [2.75, 3.05) is 6.54 Å². The molecule has 0 saturated heterocycles. The van der Waals surface area contributed by atoms with Gasteiger partial charge in [-0.3, -0.25) is 9.59 Å². The molecule has 8 heteroatoms. The lowest BCUT2D eigenvalue weighted by molar-refractivity contribution is 0.0895. The molecule has 0 aromatic carbocycles. The zero-order valence-electron chi connectivity index (χ0n) is 14.3. The molecule has 1 aliphatic carbocycles. The summed E-state index contributed by atoms with van der Waals surface area (Å²) in [6, 6.07) is 0. The number of rotatable bonds is 6. The second-order valence-corrected chi connectivity index (χ2v) is 6.82. The molecule has 1 fully saturated rings. The van der Waals surface area contributed by atoms with E-state index >= 15 is 0 Å². The van der Waals surface area contributed by atoms with Crippen LogP contribution in [-0.2, 0) is 19.4 Å². The van der Waals surface area contributed by atoms with Crippen LogP contribution in [0.25, 0.3) is 0 Å². The van der Waals surface area contributed by atoms with E-state index in [0.717, 1.165) is 50.2 Å². The maximum atomic E-state index is 12.5. The predicted octanol–water partition coefficient (Wildman–Crippen LogP) is 0.807. The second kappa shape index (κ2) is 6.02. The number of fused-ring (bicyclic) bond motifs is 1. The van der Waals surface area contributed by atoms with Crippen LogP contribution in [0.3, 0.4) is 0 Å².